The van der Waals surface area contributed by atoms with Crippen molar-refractivity contribution in [2.75, 3.05) is 19.8 Å². The van der Waals surface area contributed by atoms with Crippen molar-refractivity contribution in [3.05, 3.63) is 29.8 Å². The zero-order valence-electron chi connectivity index (χ0n) is 12.3. The van der Waals surface area contributed by atoms with Crippen molar-refractivity contribution in [1.82, 2.24) is 5.32 Å². The monoisotopic (exact) mass is 275 g/mol. The van der Waals surface area contributed by atoms with Crippen LogP contribution in [0.4, 0.5) is 0 Å². The number of benzene rings is 1. The second-order valence-electron chi connectivity index (χ2n) is 5.91. The van der Waals surface area contributed by atoms with E-state index in [2.05, 4.69) is 30.4 Å². The number of hydrogen-bond acceptors (Lipinski definition) is 3. The lowest BCUT2D eigenvalue weighted by Gasteiger charge is -2.29. The van der Waals surface area contributed by atoms with E-state index < -0.39 is 0 Å². The van der Waals surface area contributed by atoms with Gasteiger partial charge >= 0.3 is 0 Å². The molecule has 1 aliphatic carbocycles. The normalized spacial score (nSPS) is 28.9. The molecular formula is C17H25NO2. The first-order chi connectivity index (χ1) is 9.86. The topological polar surface area (TPSA) is 30.5 Å². The summed E-state index contributed by atoms with van der Waals surface area (Å²) in [5.41, 5.74) is 1.31. The van der Waals surface area contributed by atoms with Crippen molar-refractivity contribution in [3.8, 4) is 5.75 Å². The van der Waals surface area contributed by atoms with E-state index in [4.69, 9.17) is 9.47 Å². The van der Waals surface area contributed by atoms with Crippen LogP contribution in [-0.4, -0.2) is 31.9 Å². The van der Waals surface area contributed by atoms with Crippen molar-refractivity contribution in [1.29, 1.82) is 0 Å². The molecule has 0 spiro atoms. The summed E-state index contributed by atoms with van der Waals surface area (Å²) < 4.78 is 11.9. The van der Waals surface area contributed by atoms with Gasteiger partial charge < -0.3 is 14.8 Å². The van der Waals surface area contributed by atoms with Gasteiger partial charge in [-0.2, -0.15) is 0 Å². The van der Waals surface area contributed by atoms with Gasteiger partial charge in [-0.15, -0.1) is 0 Å². The van der Waals surface area contributed by atoms with Gasteiger partial charge in [0.1, 0.15) is 5.75 Å². The van der Waals surface area contributed by atoms with E-state index in [1.165, 1.54) is 31.2 Å². The lowest BCUT2D eigenvalue weighted by atomic mass is 9.92. The summed E-state index contributed by atoms with van der Waals surface area (Å²) in [5.74, 6) is 1.45. The van der Waals surface area contributed by atoms with Crippen LogP contribution in [0.15, 0.2) is 24.3 Å². The molecule has 1 heterocycles. The molecule has 0 bridgehead atoms. The summed E-state index contributed by atoms with van der Waals surface area (Å²) in [6.45, 7) is 4.83. The van der Waals surface area contributed by atoms with Crippen LogP contribution in [0, 0.1) is 0 Å². The SMILES string of the molecule is CCNC1CCC(OCC2COc3ccccc32)CC1. The zero-order chi connectivity index (χ0) is 13.8. The van der Waals surface area contributed by atoms with Gasteiger partial charge in [-0.05, 0) is 38.3 Å². The van der Waals surface area contributed by atoms with Gasteiger partial charge in [-0.25, -0.2) is 0 Å². The van der Waals surface area contributed by atoms with Crippen LogP contribution in [0.3, 0.4) is 0 Å². The maximum absolute atomic E-state index is 6.14. The van der Waals surface area contributed by atoms with E-state index in [1.807, 2.05) is 6.07 Å². The van der Waals surface area contributed by atoms with Gasteiger partial charge in [0.15, 0.2) is 0 Å². The molecule has 0 saturated heterocycles. The minimum Gasteiger partial charge on any atom is -0.493 e. The maximum Gasteiger partial charge on any atom is 0.123 e. The highest BCUT2D eigenvalue weighted by atomic mass is 16.5. The molecule has 3 rings (SSSR count). The smallest absolute Gasteiger partial charge is 0.123 e. The van der Waals surface area contributed by atoms with E-state index in [0.29, 0.717) is 18.1 Å². The Labute approximate surface area is 121 Å². The molecule has 1 saturated carbocycles. The second-order valence-corrected chi connectivity index (χ2v) is 5.91. The summed E-state index contributed by atoms with van der Waals surface area (Å²) in [6.07, 6.45) is 5.31. The standard InChI is InChI=1S/C17H25NO2/c1-2-18-14-7-9-15(10-8-14)19-11-13-12-20-17-6-4-3-5-16(13)17/h3-6,13-15,18H,2,7-12H2,1H3. The van der Waals surface area contributed by atoms with E-state index in [9.17, 15) is 0 Å². The van der Waals surface area contributed by atoms with Gasteiger partial charge in [0.2, 0.25) is 0 Å². The predicted octanol–water partition coefficient (Wildman–Crippen LogP) is 3.10. The molecule has 0 amide bonds. The molecule has 1 N–H and O–H groups in total. The van der Waals surface area contributed by atoms with Crippen molar-refractivity contribution in [2.24, 2.45) is 0 Å². The Kier molecular flexibility index (Phi) is 4.58. The third-order valence-corrected chi connectivity index (χ3v) is 4.50. The Balaban J connectivity index is 1.45. The average Bonchev–Trinajstić information content (AvgIpc) is 2.90. The maximum atomic E-state index is 6.14. The lowest BCUT2D eigenvalue weighted by Crippen LogP contribution is -2.35. The average molecular weight is 275 g/mol. The first-order valence-electron chi connectivity index (χ1n) is 7.93. The summed E-state index contributed by atoms with van der Waals surface area (Å²) in [4.78, 5) is 0. The summed E-state index contributed by atoms with van der Waals surface area (Å²) >= 11 is 0. The van der Waals surface area contributed by atoms with Gasteiger partial charge in [0, 0.05) is 17.5 Å². The van der Waals surface area contributed by atoms with Crippen LogP contribution in [0.5, 0.6) is 5.75 Å². The second kappa shape index (κ2) is 6.59. The van der Waals surface area contributed by atoms with Crippen molar-refractivity contribution < 1.29 is 9.47 Å². The van der Waals surface area contributed by atoms with E-state index in [1.54, 1.807) is 0 Å². The van der Waals surface area contributed by atoms with Crippen LogP contribution in [0.25, 0.3) is 0 Å². The third-order valence-electron chi connectivity index (χ3n) is 4.50. The highest BCUT2D eigenvalue weighted by molar-refractivity contribution is 5.39. The highest BCUT2D eigenvalue weighted by Crippen LogP contribution is 2.34. The Hall–Kier alpha value is -1.06. The fourth-order valence-corrected chi connectivity index (χ4v) is 3.34. The van der Waals surface area contributed by atoms with E-state index >= 15 is 0 Å². The Bertz CT molecular complexity index is 427. The fourth-order valence-electron chi connectivity index (χ4n) is 3.34. The van der Waals surface area contributed by atoms with E-state index in [0.717, 1.165) is 25.5 Å². The number of hydrogen-bond donors (Lipinski definition) is 1. The molecule has 3 nitrogen and oxygen atoms in total. The molecule has 1 aromatic carbocycles. The summed E-state index contributed by atoms with van der Waals surface area (Å²) in [7, 11) is 0. The van der Waals surface area contributed by atoms with Gasteiger partial charge in [-0.1, -0.05) is 25.1 Å². The van der Waals surface area contributed by atoms with Crippen LogP contribution in [0.2, 0.25) is 0 Å². The minimum atomic E-state index is 0.415. The number of nitrogens with one attached hydrogen (secondary N) is 1. The molecule has 1 aliphatic heterocycles. The Morgan fingerprint density at radius 3 is 2.80 bits per heavy atom. The number of para-hydroxylation sites is 1. The van der Waals surface area contributed by atoms with Crippen molar-refractivity contribution in [3.63, 3.8) is 0 Å². The largest absolute Gasteiger partial charge is 0.493 e. The summed E-state index contributed by atoms with van der Waals surface area (Å²) in [6, 6.07) is 9.04. The quantitative estimate of drug-likeness (QED) is 0.895. The molecule has 1 unspecified atom stereocenters. The van der Waals surface area contributed by atoms with Crippen LogP contribution in [-0.2, 0) is 4.74 Å². The Morgan fingerprint density at radius 2 is 2.00 bits per heavy atom. The first-order valence-corrected chi connectivity index (χ1v) is 7.93. The number of fused-ring (bicyclic) bond motifs is 1. The van der Waals surface area contributed by atoms with E-state index in [-0.39, 0.29) is 0 Å². The number of rotatable bonds is 5. The molecule has 3 heteroatoms. The number of ether oxygens (including phenoxy) is 2. The molecule has 110 valence electrons. The van der Waals surface area contributed by atoms with Gasteiger partial charge in [-0.3, -0.25) is 0 Å². The molecule has 20 heavy (non-hydrogen) atoms. The zero-order valence-corrected chi connectivity index (χ0v) is 12.3. The fraction of sp³-hybridized carbons (Fsp3) is 0.647. The highest BCUT2D eigenvalue weighted by Gasteiger charge is 2.26. The third kappa shape index (κ3) is 3.15. The molecule has 1 aromatic rings. The first kappa shape index (κ1) is 13.9. The molecule has 0 aromatic heterocycles. The Morgan fingerprint density at radius 1 is 1.20 bits per heavy atom. The molecule has 1 fully saturated rings. The lowest BCUT2D eigenvalue weighted by molar-refractivity contribution is 0.0125. The van der Waals surface area contributed by atoms with Gasteiger partial charge in [0.05, 0.1) is 19.3 Å². The van der Waals surface area contributed by atoms with Crippen LogP contribution in [0.1, 0.15) is 44.1 Å². The van der Waals surface area contributed by atoms with Gasteiger partial charge in [0.25, 0.3) is 0 Å². The van der Waals surface area contributed by atoms with Crippen LogP contribution < -0.4 is 10.1 Å². The molecular weight excluding hydrogens is 250 g/mol. The molecule has 2 aliphatic rings. The minimum absolute atomic E-state index is 0.415. The van der Waals surface area contributed by atoms with Crippen molar-refractivity contribution in [2.45, 2.75) is 50.7 Å². The summed E-state index contributed by atoms with van der Waals surface area (Å²) in [5, 5.41) is 3.54. The van der Waals surface area contributed by atoms with Crippen LogP contribution >= 0.6 is 0 Å². The predicted molar refractivity (Wildman–Crippen MR) is 80.4 cm³/mol. The van der Waals surface area contributed by atoms with Crippen molar-refractivity contribution >= 4 is 0 Å². The molecule has 0 radical (unpaired) electrons. The molecule has 1 atom stereocenters.